The third-order valence-corrected chi connectivity index (χ3v) is 3.48. The Bertz CT molecular complexity index is 432. The van der Waals surface area contributed by atoms with E-state index in [2.05, 4.69) is 33.1 Å². The lowest BCUT2D eigenvalue weighted by Crippen LogP contribution is -2.42. The summed E-state index contributed by atoms with van der Waals surface area (Å²) in [6, 6.07) is 4.45. The predicted molar refractivity (Wildman–Crippen MR) is 101 cm³/mol. The zero-order valence-corrected chi connectivity index (χ0v) is 16.2. The number of hydrogen-bond donors (Lipinski definition) is 2. The van der Waals surface area contributed by atoms with Crippen LogP contribution in [0.2, 0.25) is 0 Å². The van der Waals surface area contributed by atoms with Crippen LogP contribution in [0.4, 0.5) is 0 Å². The van der Waals surface area contributed by atoms with Crippen molar-refractivity contribution in [2.45, 2.75) is 26.3 Å². The number of likely N-dealkylation sites (N-methyl/N-ethyl adjacent to an activating group) is 1. The minimum atomic E-state index is -0.00638. The molecule has 1 heterocycles. The van der Waals surface area contributed by atoms with Crippen molar-refractivity contribution in [2.24, 2.45) is 4.99 Å². The molecule has 1 aromatic heterocycles. The predicted octanol–water partition coefficient (Wildman–Crippen LogP) is 1.94. The van der Waals surface area contributed by atoms with Crippen molar-refractivity contribution < 1.29 is 4.79 Å². The van der Waals surface area contributed by atoms with Gasteiger partial charge in [-0.15, -0.1) is 35.3 Å². The summed E-state index contributed by atoms with van der Waals surface area (Å²) in [7, 11) is 3.47. The van der Waals surface area contributed by atoms with Crippen LogP contribution in [0.3, 0.4) is 0 Å². The van der Waals surface area contributed by atoms with Crippen LogP contribution < -0.4 is 10.6 Å². The van der Waals surface area contributed by atoms with E-state index in [9.17, 15) is 4.79 Å². The topological polar surface area (TPSA) is 56.7 Å². The number of rotatable bonds is 6. The van der Waals surface area contributed by atoms with Crippen molar-refractivity contribution in [1.82, 2.24) is 15.5 Å². The lowest BCUT2D eigenvalue weighted by Gasteiger charge is -2.15. The second-order valence-corrected chi connectivity index (χ2v) is 6.04. The summed E-state index contributed by atoms with van der Waals surface area (Å²) in [4.78, 5) is 18.8. The van der Waals surface area contributed by atoms with Crippen molar-refractivity contribution in [2.75, 3.05) is 27.2 Å². The quantitative estimate of drug-likeness (QED) is 0.417. The second kappa shape index (κ2) is 10.8. The highest BCUT2D eigenvalue weighted by atomic mass is 127. The Morgan fingerprint density at radius 1 is 1.43 bits per heavy atom. The molecule has 0 aliphatic carbocycles. The van der Waals surface area contributed by atoms with Gasteiger partial charge >= 0.3 is 0 Å². The van der Waals surface area contributed by atoms with E-state index in [-0.39, 0.29) is 42.5 Å². The summed E-state index contributed by atoms with van der Waals surface area (Å²) in [6.07, 6.45) is 0.956. The molecule has 0 fully saturated rings. The molecule has 0 atom stereocenters. The van der Waals surface area contributed by atoms with E-state index in [1.165, 1.54) is 4.88 Å². The van der Waals surface area contributed by atoms with Gasteiger partial charge in [0.1, 0.15) is 6.54 Å². The van der Waals surface area contributed by atoms with Gasteiger partial charge in [-0.2, -0.15) is 0 Å². The smallest absolute Gasteiger partial charge is 0.243 e. The maximum absolute atomic E-state index is 11.6. The molecular weight excluding hydrogens is 399 g/mol. The maximum atomic E-state index is 11.6. The summed E-state index contributed by atoms with van der Waals surface area (Å²) >= 11 is 1.75. The highest BCUT2D eigenvalue weighted by Gasteiger charge is 2.05. The van der Waals surface area contributed by atoms with Crippen LogP contribution in [0, 0.1) is 0 Å². The van der Waals surface area contributed by atoms with Crippen LogP contribution in [0.15, 0.2) is 22.5 Å². The van der Waals surface area contributed by atoms with Gasteiger partial charge < -0.3 is 15.5 Å². The Morgan fingerprint density at radius 2 is 2.14 bits per heavy atom. The Morgan fingerprint density at radius 3 is 2.67 bits per heavy atom. The van der Waals surface area contributed by atoms with Gasteiger partial charge in [-0.05, 0) is 31.7 Å². The van der Waals surface area contributed by atoms with E-state index < -0.39 is 0 Å². The fourth-order valence-electron chi connectivity index (χ4n) is 1.47. The number of carbonyl (C=O) groups excluding carboxylic acids is 1. The van der Waals surface area contributed by atoms with E-state index >= 15 is 0 Å². The van der Waals surface area contributed by atoms with E-state index in [0.717, 1.165) is 13.0 Å². The number of hydrogen-bond acceptors (Lipinski definition) is 3. The van der Waals surface area contributed by atoms with Gasteiger partial charge in [-0.25, -0.2) is 4.99 Å². The average molecular weight is 424 g/mol. The van der Waals surface area contributed by atoms with Gasteiger partial charge in [0.05, 0.1) is 0 Å². The molecule has 1 aromatic rings. The molecule has 0 aliphatic rings. The molecule has 0 unspecified atom stereocenters. The summed E-state index contributed by atoms with van der Waals surface area (Å²) < 4.78 is 0. The van der Waals surface area contributed by atoms with Gasteiger partial charge in [0, 0.05) is 31.6 Å². The average Bonchev–Trinajstić information content (AvgIpc) is 2.87. The third kappa shape index (κ3) is 8.92. The summed E-state index contributed by atoms with van der Waals surface area (Å²) in [5.74, 6) is 0.680. The molecule has 0 saturated carbocycles. The molecule has 5 nitrogen and oxygen atoms in total. The first-order valence-corrected chi connectivity index (χ1v) is 7.64. The molecule has 0 aromatic carbocycles. The highest BCUT2D eigenvalue weighted by molar-refractivity contribution is 14.0. The van der Waals surface area contributed by atoms with E-state index in [4.69, 9.17) is 0 Å². The number of guanidine groups is 1. The zero-order valence-electron chi connectivity index (χ0n) is 13.0. The largest absolute Gasteiger partial charge is 0.356 e. The van der Waals surface area contributed by atoms with E-state index in [0.29, 0.717) is 5.96 Å². The monoisotopic (exact) mass is 424 g/mol. The first-order chi connectivity index (χ1) is 9.49. The molecule has 2 N–H and O–H groups in total. The fraction of sp³-hybridized carbons (Fsp3) is 0.571. The Balaban J connectivity index is 0.00000400. The van der Waals surface area contributed by atoms with Gasteiger partial charge in [-0.3, -0.25) is 4.79 Å². The molecule has 21 heavy (non-hydrogen) atoms. The van der Waals surface area contributed by atoms with Crippen molar-refractivity contribution in [3.8, 4) is 0 Å². The number of aliphatic imine (C=N–C) groups is 1. The first kappa shape index (κ1) is 20.2. The summed E-state index contributed by atoms with van der Waals surface area (Å²) in [6.45, 7) is 5.05. The van der Waals surface area contributed by atoms with Crippen LogP contribution in [0.1, 0.15) is 18.7 Å². The van der Waals surface area contributed by atoms with E-state index in [1.807, 2.05) is 13.8 Å². The van der Waals surface area contributed by atoms with Crippen LogP contribution in [0.25, 0.3) is 0 Å². The van der Waals surface area contributed by atoms with Crippen molar-refractivity contribution in [3.63, 3.8) is 0 Å². The number of nitrogens with zero attached hydrogens (tertiary/aromatic N) is 2. The molecule has 0 bridgehead atoms. The molecule has 1 rings (SSSR count). The molecule has 0 saturated heterocycles. The molecule has 0 radical (unpaired) electrons. The fourth-order valence-corrected chi connectivity index (χ4v) is 2.18. The molecule has 7 heteroatoms. The van der Waals surface area contributed by atoms with Crippen LogP contribution in [-0.4, -0.2) is 50.0 Å². The number of amides is 1. The van der Waals surface area contributed by atoms with Crippen LogP contribution in [0.5, 0.6) is 0 Å². The van der Waals surface area contributed by atoms with Crippen molar-refractivity contribution in [1.29, 1.82) is 0 Å². The second-order valence-electron chi connectivity index (χ2n) is 5.01. The molecule has 0 aliphatic heterocycles. The summed E-state index contributed by atoms with van der Waals surface area (Å²) in [5, 5.41) is 8.56. The minimum absolute atomic E-state index is 0. The molecule has 120 valence electrons. The third-order valence-electron chi connectivity index (χ3n) is 2.54. The number of nitrogens with one attached hydrogen (secondary N) is 2. The molecular formula is C14H25IN4OS. The number of carbonyl (C=O) groups is 1. The van der Waals surface area contributed by atoms with Crippen LogP contribution >= 0.6 is 35.3 Å². The number of thiophene rings is 1. The maximum Gasteiger partial charge on any atom is 0.243 e. The minimum Gasteiger partial charge on any atom is -0.356 e. The highest BCUT2D eigenvalue weighted by Crippen LogP contribution is 2.07. The standard InChI is InChI=1S/C14H24N4OS.HI/c1-11(2)17-14(16-10-13(19)18(3)4)15-8-7-12-6-5-9-20-12;/h5-6,9,11H,7-8,10H2,1-4H3,(H2,15,16,17);1H. The lowest BCUT2D eigenvalue weighted by atomic mass is 10.3. The summed E-state index contributed by atoms with van der Waals surface area (Å²) in [5.41, 5.74) is 0. The van der Waals surface area contributed by atoms with Gasteiger partial charge in [0.2, 0.25) is 5.91 Å². The van der Waals surface area contributed by atoms with Gasteiger partial charge in [-0.1, -0.05) is 6.07 Å². The van der Waals surface area contributed by atoms with Crippen LogP contribution in [-0.2, 0) is 11.2 Å². The normalized spacial score (nSPS) is 11.0. The Kier molecular flexibility index (Phi) is 10.4. The van der Waals surface area contributed by atoms with Crippen molar-refractivity contribution in [3.05, 3.63) is 22.4 Å². The van der Waals surface area contributed by atoms with E-state index in [1.54, 1.807) is 30.3 Å². The SMILES string of the molecule is CC(C)NC(=NCC(=O)N(C)C)NCCc1cccs1.I. The van der Waals surface area contributed by atoms with Crippen molar-refractivity contribution >= 4 is 47.2 Å². The lowest BCUT2D eigenvalue weighted by molar-refractivity contribution is -0.127. The van der Waals surface area contributed by atoms with Gasteiger partial charge in [0.15, 0.2) is 5.96 Å². The van der Waals surface area contributed by atoms with Gasteiger partial charge in [0.25, 0.3) is 0 Å². The number of halogens is 1. The molecule has 1 amide bonds. The first-order valence-electron chi connectivity index (χ1n) is 6.76. The zero-order chi connectivity index (χ0) is 15.0. The molecule has 0 spiro atoms. The Labute approximate surface area is 148 Å². The Hall–Kier alpha value is -0.830.